The Morgan fingerprint density at radius 2 is 2.00 bits per heavy atom. The van der Waals surface area contributed by atoms with E-state index in [4.69, 9.17) is 4.99 Å². The van der Waals surface area contributed by atoms with Gasteiger partial charge in [0.1, 0.15) is 0 Å². The third-order valence-corrected chi connectivity index (χ3v) is 4.45. The Bertz CT molecular complexity index is 513. The second-order valence-electron chi connectivity index (χ2n) is 6.50. The SMILES string of the molecule is C=CCN1CCC(NC(=NCCc2ccc(C)cc2)NCC)CC1. The van der Waals surface area contributed by atoms with E-state index in [0.29, 0.717) is 6.04 Å². The molecule has 1 fully saturated rings. The van der Waals surface area contributed by atoms with Crippen molar-refractivity contribution in [3.63, 3.8) is 0 Å². The quantitative estimate of drug-likeness (QED) is 0.459. The molecule has 4 nitrogen and oxygen atoms in total. The summed E-state index contributed by atoms with van der Waals surface area (Å²) in [6.07, 6.45) is 5.30. The fraction of sp³-hybridized carbons (Fsp3) is 0.550. The van der Waals surface area contributed by atoms with Gasteiger partial charge < -0.3 is 10.6 Å². The summed E-state index contributed by atoms with van der Waals surface area (Å²) in [5.41, 5.74) is 2.65. The molecule has 1 aliphatic heterocycles. The van der Waals surface area contributed by atoms with Gasteiger partial charge in [-0.15, -0.1) is 6.58 Å². The smallest absolute Gasteiger partial charge is 0.191 e. The van der Waals surface area contributed by atoms with E-state index < -0.39 is 0 Å². The molecule has 1 aromatic rings. The highest BCUT2D eigenvalue weighted by molar-refractivity contribution is 5.80. The molecule has 0 spiro atoms. The van der Waals surface area contributed by atoms with Crippen LogP contribution in [-0.2, 0) is 6.42 Å². The average molecular weight is 329 g/mol. The molecule has 2 N–H and O–H groups in total. The Morgan fingerprint density at radius 1 is 1.29 bits per heavy atom. The van der Waals surface area contributed by atoms with Crippen molar-refractivity contribution in [2.24, 2.45) is 4.99 Å². The van der Waals surface area contributed by atoms with Gasteiger partial charge >= 0.3 is 0 Å². The molecule has 0 unspecified atom stereocenters. The van der Waals surface area contributed by atoms with Crippen LogP contribution in [0.5, 0.6) is 0 Å². The molecule has 0 aliphatic carbocycles. The Balaban J connectivity index is 1.80. The molecule has 0 aromatic heterocycles. The van der Waals surface area contributed by atoms with E-state index in [1.165, 1.54) is 11.1 Å². The third kappa shape index (κ3) is 6.36. The van der Waals surface area contributed by atoms with Crippen LogP contribution in [0, 0.1) is 6.92 Å². The number of piperidine rings is 1. The molecule has 0 atom stereocenters. The molecule has 1 saturated heterocycles. The topological polar surface area (TPSA) is 39.7 Å². The molecule has 0 bridgehead atoms. The van der Waals surface area contributed by atoms with Crippen LogP contribution in [0.4, 0.5) is 0 Å². The molecule has 0 saturated carbocycles. The van der Waals surface area contributed by atoms with Gasteiger partial charge in [0.2, 0.25) is 0 Å². The minimum absolute atomic E-state index is 0.517. The Hall–Kier alpha value is -1.81. The summed E-state index contributed by atoms with van der Waals surface area (Å²) in [6, 6.07) is 9.24. The molecule has 132 valence electrons. The first-order chi connectivity index (χ1) is 11.7. The molecule has 1 heterocycles. The van der Waals surface area contributed by atoms with E-state index in [2.05, 4.69) is 60.2 Å². The Labute approximate surface area is 147 Å². The summed E-state index contributed by atoms with van der Waals surface area (Å²) in [5.74, 6) is 0.951. The third-order valence-electron chi connectivity index (χ3n) is 4.45. The lowest BCUT2D eigenvalue weighted by Crippen LogP contribution is -2.48. The number of likely N-dealkylation sites (tertiary alicyclic amines) is 1. The van der Waals surface area contributed by atoms with E-state index in [9.17, 15) is 0 Å². The zero-order valence-corrected chi connectivity index (χ0v) is 15.2. The van der Waals surface area contributed by atoms with Gasteiger partial charge in [-0.2, -0.15) is 0 Å². The molecule has 4 heteroatoms. The van der Waals surface area contributed by atoms with E-state index in [1.807, 2.05) is 6.08 Å². The van der Waals surface area contributed by atoms with E-state index in [1.54, 1.807) is 0 Å². The normalized spacial score (nSPS) is 16.8. The largest absolute Gasteiger partial charge is 0.357 e. The van der Waals surface area contributed by atoms with Crippen LogP contribution in [-0.4, -0.2) is 49.6 Å². The van der Waals surface area contributed by atoms with Gasteiger partial charge in [0.05, 0.1) is 0 Å². The lowest BCUT2D eigenvalue weighted by atomic mass is 10.1. The number of guanidine groups is 1. The first kappa shape index (κ1) is 18.5. The van der Waals surface area contributed by atoms with E-state index >= 15 is 0 Å². The highest BCUT2D eigenvalue weighted by Crippen LogP contribution is 2.10. The van der Waals surface area contributed by atoms with Gasteiger partial charge in [-0.05, 0) is 38.7 Å². The van der Waals surface area contributed by atoms with Gasteiger partial charge in [-0.1, -0.05) is 35.9 Å². The highest BCUT2D eigenvalue weighted by Gasteiger charge is 2.18. The van der Waals surface area contributed by atoms with Gasteiger partial charge in [-0.3, -0.25) is 9.89 Å². The van der Waals surface area contributed by atoms with E-state index in [0.717, 1.165) is 57.9 Å². The van der Waals surface area contributed by atoms with Crippen molar-refractivity contribution in [2.45, 2.75) is 39.2 Å². The minimum atomic E-state index is 0.517. The van der Waals surface area contributed by atoms with Crippen LogP contribution in [0.15, 0.2) is 41.9 Å². The number of benzene rings is 1. The molecule has 2 rings (SSSR count). The van der Waals surface area contributed by atoms with Crippen LogP contribution in [0.2, 0.25) is 0 Å². The second-order valence-corrected chi connectivity index (χ2v) is 6.50. The molecule has 1 aromatic carbocycles. The fourth-order valence-electron chi connectivity index (χ4n) is 3.01. The number of rotatable bonds is 7. The van der Waals surface area contributed by atoms with Gasteiger partial charge in [0, 0.05) is 38.8 Å². The fourth-order valence-corrected chi connectivity index (χ4v) is 3.01. The van der Waals surface area contributed by atoms with Crippen LogP contribution < -0.4 is 10.6 Å². The maximum atomic E-state index is 4.75. The predicted octanol–water partition coefficient (Wildman–Crippen LogP) is 2.74. The monoisotopic (exact) mass is 328 g/mol. The highest BCUT2D eigenvalue weighted by atomic mass is 15.2. The predicted molar refractivity (Wildman–Crippen MR) is 104 cm³/mol. The van der Waals surface area contributed by atoms with Crippen LogP contribution in [0.3, 0.4) is 0 Å². The van der Waals surface area contributed by atoms with Crippen molar-refractivity contribution in [3.05, 3.63) is 48.0 Å². The maximum Gasteiger partial charge on any atom is 0.191 e. The lowest BCUT2D eigenvalue weighted by Gasteiger charge is -2.32. The van der Waals surface area contributed by atoms with Crippen molar-refractivity contribution in [2.75, 3.05) is 32.7 Å². The standard InChI is InChI=1S/C20H32N4/c1-4-14-24-15-11-19(12-16-24)23-20(21-5-2)22-13-10-18-8-6-17(3)7-9-18/h4,6-9,19H,1,5,10-16H2,2-3H3,(H2,21,22,23). The molecular formula is C20H32N4. The van der Waals surface area contributed by atoms with Crippen molar-refractivity contribution < 1.29 is 0 Å². The number of aryl methyl sites for hydroxylation is 1. The molecular weight excluding hydrogens is 296 g/mol. The number of nitrogens with one attached hydrogen (secondary N) is 2. The average Bonchev–Trinajstić information content (AvgIpc) is 2.59. The zero-order chi connectivity index (χ0) is 17.2. The summed E-state index contributed by atoms with van der Waals surface area (Å²) in [4.78, 5) is 7.20. The summed E-state index contributed by atoms with van der Waals surface area (Å²) in [7, 11) is 0. The van der Waals surface area contributed by atoms with Crippen LogP contribution in [0.25, 0.3) is 0 Å². The second kappa shape index (κ2) is 10.1. The molecule has 0 radical (unpaired) electrons. The first-order valence-corrected chi connectivity index (χ1v) is 9.15. The number of hydrogen-bond acceptors (Lipinski definition) is 2. The molecule has 1 aliphatic rings. The Kier molecular flexibility index (Phi) is 7.83. The van der Waals surface area contributed by atoms with Crippen molar-refractivity contribution in [3.8, 4) is 0 Å². The molecule has 0 amide bonds. The number of nitrogens with zero attached hydrogens (tertiary/aromatic N) is 2. The summed E-state index contributed by atoms with van der Waals surface area (Å²) in [5, 5.41) is 6.97. The summed E-state index contributed by atoms with van der Waals surface area (Å²) >= 11 is 0. The maximum absolute atomic E-state index is 4.75. The Morgan fingerprint density at radius 3 is 2.62 bits per heavy atom. The number of hydrogen-bond donors (Lipinski definition) is 2. The first-order valence-electron chi connectivity index (χ1n) is 9.15. The van der Waals surface area contributed by atoms with Gasteiger partial charge in [0.25, 0.3) is 0 Å². The van der Waals surface area contributed by atoms with Gasteiger partial charge in [-0.25, -0.2) is 0 Å². The van der Waals surface area contributed by atoms with Crippen LogP contribution >= 0.6 is 0 Å². The van der Waals surface area contributed by atoms with Crippen molar-refractivity contribution in [1.29, 1.82) is 0 Å². The summed E-state index contributed by atoms with van der Waals surface area (Å²) in [6.45, 7) is 13.0. The molecule has 24 heavy (non-hydrogen) atoms. The van der Waals surface area contributed by atoms with Crippen LogP contribution in [0.1, 0.15) is 30.9 Å². The van der Waals surface area contributed by atoms with Crippen molar-refractivity contribution in [1.82, 2.24) is 15.5 Å². The van der Waals surface area contributed by atoms with E-state index in [-0.39, 0.29) is 0 Å². The summed E-state index contributed by atoms with van der Waals surface area (Å²) < 4.78 is 0. The van der Waals surface area contributed by atoms with Gasteiger partial charge in [0.15, 0.2) is 5.96 Å². The number of aliphatic imine (C=N–C) groups is 1. The lowest BCUT2D eigenvalue weighted by molar-refractivity contribution is 0.225. The van der Waals surface area contributed by atoms with Crippen molar-refractivity contribution >= 4 is 5.96 Å². The minimum Gasteiger partial charge on any atom is -0.357 e. The zero-order valence-electron chi connectivity index (χ0n) is 15.2.